The van der Waals surface area contributed by atoms with Gasteiger partial charge in [-0.25, -0.2) is 0 Å². The molecule has 2 aromatic carbocycles. The number of hydrogen-bond acceptors (Lipinski definition) is 3. The number of ether oxygens (including phenoxy) is 1. The summed E-state index contributed by atoms with van der Waals surface area (Å²) in [6.07, 6.45) is -3.04. The van der Waals surface area contributed by atoms with Crippen LogP contribution in [0.5, 0.6) is 5.75 Å². The molecule has 3 aromatic rings. The van der Waals surface area contributed by atoms with Gasteiger partial charge < -0.3 is 14.6 Å². The van der Waals surface area contributed by atoms with Crippen LogP contribution in [0.4, 0.5) is 18.9 Å². The third-order valence-corrected chi connectivity index (χ3v) is 4.91. The van der Waals surface area contributed by atoms with E-state index in [1.807, 2.05) is 6.07 Å². The Labute approximate surface area is 183 Å². The molecular weight excluding hydrogens is 419 g/mol. The first kappa shape index (κ1) is 22.7. The van der Waals surface area contributed by atoms with Crippen LogP contribution in [0.3, 0.4) is 0 Å². The van der Waals surface area contributed by atoms with Crippen molar-refractivity contribution >= 4 is 17.7 Å². The molecule has 0 aliphatic carbocycles. The van der Waals surface area contributed by atoms with Crippen LogP contribution >= 0.6 is 0 Å². The first-order valence-electron chi connectivity index (χ1n) is 9.58. The second-order valence-corrected chi connectivity index (χ2v) is 7.06. The number of nitriles is 1. The number of aryl methyl sites for hydroxylation is 1. The van der Waals surface area contributed by atoms with Crippen molar-refractivity contribution < 1.29 is 22.7 Å². The Morgan fingerprint density at radius 3 is 2.41 bits per heavy atom. The minimum Gasteiger partial charge on any atom is -0.497 e. The van der Waals surface area contributed by atoms with E-state index in [-0.39, 0.29) is 5.57 Å². The molecule has 5 nitrogen and oxygen atoms in total. The van der Waals surface area contributed by atoms with E-state index < -0.39 is 17.6 Å². The lowest BCUT2D eigenvalue weighted by molar-refractivity contribution is -0.137. The molecule has 0 fully saturated rings. The fourth-order valence-corrected chi connectivity index (χ4v) is 3.33. The molecule has 0 saturated heterocycles. The van der Waals surface area contributed by atoms with E-state index in [1.54, 1.807) is 54.8 Å². The number of halogens is 3. The number of nitrogens with zero attached hydrogens (tertiary/aromatic N) is 2. The van der Waals surface area contributed by atoms with Crippen molar-refractivity contribution in [2.24, 2.45) is 0 Å². The molecule has 1 aromatic heterocycles. The summed E-state index contributed by atoms with van der Waals surface area (Å²) in [7, 11) is 1.53. The van der Waals surface area contributed by atoms with Crippen LogP contribution in [0.1, 0.15) is 22.5 Å². The minimum absolute atomic E-state index is 0.134. The van der Waals surface area contributed by atoms with Crippen LogP contribution in [0.2, 0.25) is 0 Å². The van der Waals surface area contributed by atoms with Crippen molar-refractivity contribution in [3.05, 3.63) is 82.7 Å². The van der Waals surface area contributed by atoms with Crippen LogP contribution < -0.4 is 10.1 Å². The predicted molar refractivity (Wildman–Crippen MR) is 115 cm³/mol. The van der Waals surface area contributed by atoms with Gasteiger partial charge in [-0.3, -0.25) is 4.79 Å². The summed E-state index contributed by atoms with van der Waals surface area (Å²) in [4.78, 5) is 12.6. The molecule has 1 amide bonds. The van der Waals surface area contributed by atoms with Crippen LogP contribution in [0.25, 0.3) is 11.8 Å². The molecule has 0 saturated carbocycles. The number of aromatic nitrogens is 1. The van der Waals surface area contributed by atoms with E-state index in [1.165, 1.54) is 19.3 Å². The average molecular weight is 439 g/mol. The highest BCUT2D eigenvalue weighted by Crippen LogP contribution is 2.31. The second-order valence-electron chi connectivity index (χ2n) is 7.06. The van der Waals surface area contributed by atoms with Gasteiger partial charge in [-0.2, -0.15) is 18.4 Å². The summed E-state index contributed by atoms with van der Waals surface area (Å²) >= 11 is 0. The van der Waals surface area contributed by atoms with E-state index in [0.29, 0.717) is 34.1 Å². The molecule has 1 N–H and O–H groups in total. The molecular formula is C24H20F3N3O2. The zero-order valence-electron chi connectivity index (χ0n) is 17.6. The number of methoxy groups -OCH3 is 1. The molecule has 0 atom stereocenters. The Morgan fingerprint density at radius 2 is 1.81 bits per heavy atom. The van der Waals surface area contributed by atoms with Crippen molar-refractivity contribution in [3.63, 3.8) is 0 Å². The first-order valence-corrected chi connectivity index (χ1v) is 9.58. The normalized spacial score (nSPS) is 11.7. The largest absolute Gasteiger partial charge is 0.497 e. The van der Waals surface area contributed by atoms with Crippen LogP contribution in [0, 0.1) is 25.2 Å². The topological polar surface area (TPSA) is 67.0 Å². The van der Waals surface area contributed by atoms with Crippen molar-refractivity contribution in [1.82, 2.24) is 4.57 Å². The average Bonchev–Trinajstić information content (AvgIpc) is 3.04. The zero-order chi connectivity index (χ0) is 23.5. The zero-order valence-corrected chi connectivity index (χ0v) is 17.6. The van der Waals surface area contributed by atoms with Gasteiger partial charge in [0.1, 0.15) is 17.4 Å². The number of carbonyl (C=O) groups is 1. The van der Waals surface area contributed by atoms with Gasteiger partial charge in [-0.05, 0) is 74.0 Å². The molecule has 3 rings (SSSR count). The van der Waals surface area contributed by atoms with Crippen molar-refractivity contribution in [3.8, 4) is 17.5 Å². The number of nitrogens with one attached hydrogen (secondary N) is 1. The Balaban J connectivity index is 1.92. The van der Waals surface area contributed by atoms with Gasteiger partial charge in [0.15, 0.2) is 0 Å². The maximum absolute atomic E-state index is 13.1. The highest BCUT2D eigenvalue weighted by Gasteiger charge is 2.30. The Hall–Kier alpha value is -3.99. The predicted octanol–water partition coefficient (Wildman–Crippen LogP) is 5.67. The molecule has 0 unspecified atom stereocenters. The van der Waals surface area contributed by atoms with Gasteiger partial charge in [-0.1, -0.05) is 6.07 Å². The lowest BCUT2D eigenvalue weighted by Crippen LogP contribution is -2.13. The third-order valence-electron chi connectivity index (χ3n) is 4.91. The van der Waals surface area contributed by atoms with Gasteiger partial charge >= 0.3 is 6.18 Å². The fourth-order valence-electron chi connectivity index (χ4n) is 3.33. The van der Waals surface area contributed by atoms with Crippen molar-refractivity contribution in [2.75, 3.05) is 12.4 Å². The van der Waals surface area contributed by atoms with Crippen molar-refractivity contribution in [1.29, 1.82) is 5.26 Å². The Kier molecular flexibility index (Phi) is 6.40. The van der Waals surface area contributed by atoms with E-state index >= 15 is 0 Å². The number of benzene rings is 2. The van der Waals surface area contributed by atoms with Crippen LogP contribution in [-0.2, 0) is 11.0 Å². The number of carbonyl (C=O) groups excluding carboxylic acids is 1. The molecule has 164 valence electrons. The molecule has 0 aliphatic heterocycles. The summed E-state index contributed by atoms with van der Waals surface area (Å²) in [6, 6.07) is 15.2. The maximum Gasteiger partial charge on any atom is 0.416 e. The standard InChI is InChI=1S/C24H20F3N3O2/c1-15-11-17(16(2)30(15)21-6-4-5-19(13-21)24(25,26)27)12-18(14-28)23(31)29-20-7-9-22(32-3)10-8-20/h4-13H,1-3H3,(H,29,31)/b18-12-. The summed E-state index contributed by atoms with van der Waals surface area (Å²) in [5.74, 6) is 0.0302. The fraction of sp³-hybridized carbons (Fsp3) is 0.167. The van der Waals surface area contributed by atoms with Crippen LogP contribution in [-0.4, -0.2) is 17.6 Å². The van der Waals surface area contributed by atoms with Gasteiger partial charge in [-0.15, -0.1) is 0 Å². The number of alkyl halides is 3. The highest BCUT2D eigenvalue weighted by atomic mass is 19.4. The Morgan fingerprint density at radius 1 is 1.12 bits per heavy atom. The van der Waals surface area contributed by atoms with Gasteiger partial charge in [0.05, 0.1) is 12.7 Å². The Bertz CT molecular complexity index is 1220. The molecule has 0 bridgehead atoms. The summed E-state index contributed by atoms with van der Waals surface area (Å²) < 4.78 is 46.1. The number of rotatable bonds is 5. The smallest absolute Gasteiger partial charge is 0.416 e. The first-order chi connectivity index (χ1) is 15.1. The summed E-state index contributed by atoms with van der Waals surface area (Å²) in [6.45, 7) is 3.46. The summed E-state index contributed by atoms with van der Waals surface area (Å²) in [5, 5.41) is 12.1. The van der Waals surface area contributed by atoms with Gasteiger partial charge in [0.2, 0.25) is 0 Å². The molecule has 0 aliphatic rings. The molecule has 1 heterocycles. The van der Waals surface area contributed by atoms with Crippen LogP contribution in [0.15, 0.2) is 60.2 Å². The molecule has 0 radical (unpaired) electrons. The van der Waals surface area contributed by atoms with E-state index in [9.17, 15) is 23.2 Å². The van der Waals surface area contributed by atoms with Gasteiger partial charge in [0, 0.05) is 22.8 Å². The lowest BCUT2D eigenvalue weighted by atomic mass is 10.1. The second kappa shape index (κ2) is 9.02. The van der Waals surface area contributed by atoms with Crippen molar-refractivity contribution in [2.45, 2.75) is 20.0 Å². The maximum atomic E-state index is 13.1. The third kappa shape index (κ3) is 4.83. The van der Waals surface area contributed by atoms with E-state index in [4.69, 9.17) is 4.74 Å². The summed E-state index contributed by atoms with van der Waals surface area (Å²) in [5.41, 5.74) is 1.78. The monoisotopic (exact) mass is 439 g/mol. The molecule has 0 spiro atoms. The number of anilines is 1. The highest BCUT2D eigenvalue weighted by molar-refractivity contribution is 6.09. The SMILES string of the molecule is COc1ccc(NC(=O)/C(C#N)=C\c2cc(C)n(-c3cccc(C(F)(F)F)c3)c2C)cc1. The molecule has 8 heteroatoms. The number of amides is 1. The van der Waals surface area contributed by atoms with E-state index in [0.717, 1.165) is 12.1 Å². The quantitative estimate of drug-likeness (QED) is 0.412. The van der Waals surface area contributed by atoms with E-state index in [2.05, 4.69) is 5.32 Å². The van der Waals surface area contributed by atoms with Gasteiger partial charge in [0.25, 0.3) is 5.91 Å². The molecule has 32 heavy (non-hydrogen) atoms. The number of hydrogen-bond donors (Lipinski definition) is 1. The lowest BCUT2D eigenvalue weighted by Gasteiger charge is -2.13. The minimum atomic E-state index is -4.46.